The highest BCUT2D eigenvalue weighted by Crippen LogP contribution is 2.02. The minimum Gasteiger partial charge on any atom is -0.378 e. The van der Waals surface area contributed by atoms with Crippen LogP contribution in [-0.2, 0) is 11.3 Å². The van der Waals surface area contributed by atoms with Gasteiger partial charge in [0.15, 0.2) is 5.65 Å². The molecule has 2 heterocycles. The van der Waals surface area contributed by atoms with Crippen LogP contribution < -0.4 is 0 Å². The maximum atomic E-state index is 4.95. The van der Waals surface area contributed by atoms with Gasteiger partial charge >= 0.3 is 0 Å². The number of methoxy groups -OCH3 is 1. The summed E-state index contributed by atoms with van der Waals surface area (Å²) in [6, 6.07) is 3.77. The van der Waals surface area contributed by atoms with Crippen molar-refractivity contribution in [2.45, 2.75) is 6.61 Å². The quantitative estimate of drug-likeness (QED) is 0.659. The van der Waals surface area contributed by atoms with Crippen LogP contribution in [0.4, 0.5) is 0 Å². The van der Waals surface area contributed by atoms with Gasteiger partial charge in [0, 0.05) is 13.3 Å². The molecule has 0 aliphatic heterocycles. The first-order valence-electron chi connectivity index (χ1n) is 3.68. The van der Waals surface area contributed by atoms with Crippen molar-refractivity contribution in [3.63, 3.8) is 0 Å². The summed E-state index contributed by atoms with van der Waals surface area (Å²) in [6.07, 6.45) is 3.59. The molecule has 4 nitrogen and oxygen atoms in total. The van der Waals surface area contributed by atoms with Gasteiger partial charge in [-0.25, -0.2) is 9.50 Å². The number of ether oxygens (including phenoxy) is 1. The molecule has 0 amide bonds. The molecule has 0 spiro atoms. The Hall–Kier alpha value is -1.42. The summed E-state index contributed by atoms with van der Waals surface area (Å²) in [5, 5.41) is 4.08. The van der Waals surface area contributed by atoms with E-state index in [2.05, 4.69) is 10.1 Å². The van der Waals surface area contributed by atoms with Crippen molar-refractivity contribution in [3.05, 3.63) is 30.2 Å². The average molecular weight is 163 g/mol. The third kappa shape index (κ3) is 1.16. The minimum atomic E-state index is 0.531. The van der Waals surface area contributed by atoms with Crippen LogP contribution in [0.3, 0.4) is 0 Å². The van der Waals surface area contributed by atoms with Crippen molar-refractivity contribution in [2.75, 3.05) is 7.11 Å². The predicted octanol–water partition coefficient (Wildman–Crippen LogP) is 0.876. The number of hydrogen-bond acceptors (Lipinski definition) is 3. The SMILES string of the molecule is COCc1cn2ncccc2n1. The average Bonchev–Trinajstić information content (AvgIpc) is 2.47. The summed E-state index contributed by atoms with van der Waals surface area (Å²) in [7, 11) is 1.65. The lowest BCUT2D eigenvalue weighted by Crippen LogP contribution is -1.86. The fourth-order valence-corrected chi connectivity index (χ4v) is 1.10. The van der Waals surface area contributed by atoms with Crippen molar-refractivity contribution >= 4 is 5.65 Å². The van der Waals surface area contributed by atoms with E-state index in [0.29, 0.717) is 6.61 Å². The molecular formula is C8H9N3O. The number of rotatable bonds is 2. The van der Waals surface area contributed by atoms with E-state index in [1.807, 2.05) is 18.3 Å². The van der Waals surface area contributed by atoms with Crippen LogP contribution in [0, 0.1) is 0 Å². The first kappa shape index (κ1) is 7.24. The largest absolute Gasteiger partial charge is 0.378 e. The Morgan fingerprint density at radius 3 is 3.25 bits per heavy atom. The van der Waals surface area contributed by atoms with E-state index in [1.165, 1.54) is 0 Å². The first-order chi connectivity index (χ1) is 5.90. The van der Waals surface area contributed by atoms with Crippen LogP contribution >= 0.6 is 0 Å². The zero-order valence-electron chi connectivity index (χ0n) is 6.77. The Morgan fingerprint density at radius 1 is 1.58 bits per heavy atom. The maximum absolute atomic E-state index is 4.95. The van der Waals surface area contributed by atoms with Gasteiger partial charge in [-0.2, -0.15) is 5.10 Å². The summed E-state index contributed by atoms with van der Waals surface area (Å²) >= 11 is 0. The minimum absolute atomic E-state index is 0.531. The van der Waals surface area contributed by atoms with Crippen LogP contribution in [0.1, 0.15) is 5.69 Å². The molecular weight excluding hydrogens is 154 g/mol. The molecule has 0 N–H and O–H groups in total. The molecule has 0 bridgehead atoms. The molecule has 0 atom stereocenters. The standard InChI is InChI=1S/C8H9N3O/c1-12-6-7-5-11-8(10-7)3-2-4-9-11/h2-5H,6H2,1H3. The second kappa shape index (κ2) is 2.91. The van der Waals surface area contributed by atoms with Crippen LogP contribution in [0.25, 0.3) is 5.65 Å². The van der Waals surface area contributed by atoms with Gasteiger partial charge in [-0.05, 0) is 12.1 Å². The van der Waals surface area contributed by atoms with E-state index >= 15 is 0 Å². The molecule has 0 saturated carbocycles. The lowest BCUT2D eigenvalue weighted by molar-refractivity contribution is 0.182. The summed E-state index contributed by atoms with van der Waals surface area (Å²) in [4.78, 5) is 4.28. The fourth-order valence-electron chi connectivity index (χ4n) is 1.10. The van der Waals surface area contributed by atoms with Crippen molar-refractivity contribution < 1.29 is 4.74 Å². The van der Waals surface area contributed by atoms with E-state index in [4.69, 9.17) is 4.74 Å². The van der Waals surface area contributed by atoms with Gasteiger partial charge < -0.3 is 4.74 Å². The molecule has 4 heteroatoms. The highest BCUT2D eigenvalue weighted by atomic mass is 16.5. The highest BCUT2D eigenvalue weighted by Gasteiger charge is 1.99. The monoisotopic (exact) mass is 163 g/mol. The first-order valence-corrected chi connectivity index (χ1v) is 3.68. The van der Waals surface area contributed by atoms with Crippen LogP contribution in [-0.4, -0.2) is 21.7 Å². The second-order valence-corrected chi connectivity index (χ2v) is 2.49. The Bertz CT molecular complexity index is 349. The van der Waals surface area contributed by atoms with Crippen LogP contribution in [0.5, 0.6) is 0 Å². The van der Waals surface area contributed by atoms with Gasteiger partial charge in [0.05, 0.1) is 18.5 Å². The van der Waals surface area contributed by atoms with Gasteiger partial charge in [0.2, 0.25) is 0 Å². The Labute approximate surface area is 69.8 Å². The van der Waals surface area contributed by atoms with E-state index in [0.717, 1.165) is 11.3 Å². The highest BCUT2D eigenvalue weighted by molar-refractivity contribution is 5.37. The van der Waals surface area contributed by atoms with Gasteiger partial charge in [-0.15, -0.1) is 0 Å². The topological polar surface area (TPSA) is 39.4 Å². The molecule has 0 aromatic carbocycles. The third-order valence-corrected chi connectivity index (χ3v) is 1.58. The molecule has 0 fully saturated rings. The van der Waals surface area contributed by atoms with Crippen LogP contribution in [0.15, 0.2) is 24.5 Å². The van der Waals surface area contributed by atoms with E-state index in [-0.39, 0.29) is 0 Å². The van der Waals surface area contributed by atoms with Gasteiger partial charge in [-0.3, -0.25) is 0 Å². The van der Waals surface area contributed by atoms with Crippen molar-refractivity contribution in [3.8, 4) is 0 Å². The zero-order valence-corrected chi connectivity index (χ0v) is 6.77. The molecule has 0 aliphatic carbocycles. The van der Waals surface area contributed by atoms with Gasteiger partial charge in [-0.1, -0.05) is 0 Å². The van der Waals surface area contributed by atoms with E-state index < -0.39 is 0 Å². The van der Waals surface area contributed by atoms with E-state index in [9.17, 15) is 0 Å². The summed E-state index contributed by atoms with van der Waals surface area (Å²) in [5.41, 5.74) is 1.75. The van der Waals surface area contributed by atoms with E-state index in [1.54, 1.807) is 17.8 Å². The summed E-state index contributed by atoms with van der Waals surface area (Å²) in [6.45, 7) is 0.531. The molecule has 2 aromatic rings. The maximum Gasteiger partial charge on any atom is 0.153 e. The number of imidazole rings is 1. The normalized spacial score (nSPS) is 10.8. The van der Waals surface area contributed by atoms with Gasteiger partial charge in [0.25, 0.3) is 0 Å². The number of fused-ring (bicyclic) bond motifs is 1. The van der Waals surface area contributed by atoms with Crippen molar-refractivity contribution in [2.24, 2.45) is 0 Å². The number of hydrogen-bond donors (Lipinski definition) is 0. The zero-order chi connectivity index (χ0) is 8.39. The number of aromatic nitrogens is 3. The molecule has 0 saturated heterocycles. The summed E-state index contributed by atoms with van der Waals surface area (Å²) in [5.74, 6) is 0. The van der Waals surface area contributed by atoms with Crippen molar-refractivity contribution in [1.82, 2.24) is 14.6 Å². The van der Waals surface area contributed by atoms with Gasteiger partial charge in [0.1, 0.15) is 0 Å². The Morgan fingerprint density at radius 2 is 2.50 bits per heavy atom. The molecule has 0 aliphatic rings. The molecule has 0 radical (unpaired) electrons. The lowest BCUT2D eigenvalue weighted by atomic mass is 10.5. The smallest absolute Gasteiger partial charge is 0.153 e. The number of nitrogens with zero attached hydrogens (tertiary/aromatic N) is 3. The third-order valence-electron chi connectivity index (χ3n) is 1.58. The molecule has 62 valence electrons. The second-order valence-electron chi connectivity index (χ2n) is 2.49. The molecule has 0 unspecified atom stereocenters. The summed E-state index contributed by atoms with van der Waals surface area (Å²) < 4.78 is 6.68. The molecule has 2 rings (SSSR count). The predicted molar refractivity (Wildman–Crippen MR) is 43.7 cm³/mol. The van der Waals surface area contributed by atoms with Crippen LogP contribution in [0.2, 0.25) is 0 Å². The van der Waals surface area contributed by atoms with Crippen molar-refractivity contribution in [1.29, 1.82) is 0 Å². The molecule has 12 heavy (non-hydrogen) atoms. The lowest BCUT2D eigenvalue weighted by Gasteiger charge is -1.88. The fraction of sp³-hybridized carbons (Fsp3) is 0.250. The Kier molecular flexibility index (Phi) is 1.75. The molecule has 2 aromatic heterocycles. The Balaban J connectivity index is 2.47.